The number of carbonyl (C=O) groups excluding carboxylic acids is 2. The van der Waals surface area contributed by atoms with Gasteiger partial charge in [-0.15, -0.1) is 11.3 Å². The molecule has 0 aliphatic heterocycles. The van der Waals surface area contributed by atoms with Gasteiger partial charge in [0.25, 0.3) is 5.91 Å². The number of carbonyl (C=O) groups is 2. The van der Waals surface area contributed by atoms with E-state index in [2.05, 4.69) is 16.0 Å². The van der Waals surface area contributed by atoms with Gasteiger partial charge in [-0.2, -0.15) is 0 Å². The lowest BCUT2D eigenvalue weighted by molar-refractivity contribution is -0.121. The molecule has 6 nitrogen and oxygen atoms in total. The van der Waals surface area contributed by atoms with Gasteiger partial charge in [0.15, 0.2) is 0 Å². The number of hydrazine groups is 1. The number of nitrogens with zero attached hydrogens (tertiary/aromatic N) is 1. The number of thiophene rings is 1. The van der Waals surface area contributed by atoms with Crippen molar-refractivity contribution in [2.24, 2.45) is 0 Å². The average molecular weight is 361 g/mol. The molecule has 0 bridgehead atoms. The van der Waals surface area contributed by atoms with Crippen molar-refractivity contribution in [3.63, 3.8) is 0 Å². The van der Waals surface area contributed by atoms with Crippen molar-refractivity contribution in [2.75, 3.05) is 0 Å². The van der Waals surface area contributed by atoms with Gasteiger partial charge in [0.2, 0.25) is 5.91 Å². The number of rotatable bonds is 4. The monoisotopic (exact) mass is 361 g/mol. The molecule has 7 heteroatoms. The van der Waals surface area contributed by atoms with Crippen molar-refractivity contribution < 1.29 is 14.1 Å². The first-order chi connectivity index (χ1) is 12.0. The molecule has 0 radical (unpaired) electrons. The SMILES string of the molecule is Cc1noc(C)c1CCC(=O)NNC(=O)c1cc2c(s1)CCCCC2. The van der Waals surface area contributed by atoms with Crippen LogP contribution >= 0.6 is 11.3 Å². The molecule has 0 aromatic carbocycles. The fraction of sp³-hybridized carbons (Fsp3) is 0.500. The smallest absolute Gasteiger partial charge is 0.279 e. The zero-order valence-electron chi connectivity index (χ0n) is 14.6. The molecule has 0 saturated carbocycles. The third-order valence-corrected chi connectivity index (χ3v) is 5.80. The van der Waals surface area contributed by atoms with Crippen molar-refractivity contribution in [3.8, 4) is 0 Å². The summed E-state index contributed by atoms with van der Waals surface area (Å²) in [5, 5.41) is 3.87. The highest BCUT2D eigenvalue weighted by atomic mass is 32.1. The normalized spacial score (nSPS) is 13.8. The minimum absolute atomic E-state index is 0.230. The number of aromatic nitrogens is 1. The minimum Gasteiger partial charge on any atom is -0.361 e. The van der Waals surface area contributed by atoms with Crippen molar-refractivity contribution in [1.82, 2.24) is 16.0 Å². The summed E-state index contributed by atoms with van der Waals surface area (Å²) in [5.74, 6) is 0.254. The Balaban J connectivity index is 1.49. The second-order valence-electron chi connectivity index (χ2n) is 6.42. The largest absolute Gasteiger partial charge is 0.361 e. The third-order valence-electron chi connectivity index (χ3n) is 4.57. The summed E-state index contributed by atoms with van der Waals surface area (Å²) < 4.78 is 5.08. The lowest BCUT2D eigenvalue weighted by Gasteiger charge is -2.06. The molecular formula is C18H23N3O3S. The first-order valence-electron chi connectivity index (χ1n) is 8.67. The van der Waals surface area contributed by atoms with Crippen LogP contribution in [0.25, 0.3) is 0 Å². The van der Waals surface area contributed by atoms with Crippen LogP contribution in [0.15, 0.2) is 10.6 Å². The predicted molar refractivity (Wildman–Crippen MR) is 95.5 cm³/mol. The molecule has 2 heterocycles. The molecular weight excluding hydrogens is 338 g/mol. The standard InChI is InChI=1S/C18H23N3O3S/c1-11-14(12(2)24-21-11)8-9-17(22)19-20-18(23)16-10-13-6-4-3-5-7-15(13)25-16/h10H,3-9H2,1-2H3,(H,19,22)(H,20,23). The highest BCUT2D eigenvalue weighted by molar-refractivity contribution is 7.14. The van der Waals surface area contributed by atoms with E-state index in [-0.39, 0.29) is 18.2 Å². The van der Waals surface area contributed by atoms with Gasteiger partial charge in [-0.25, -0.2) is 0 Å². The Hall–Kier alpha value is -2.15. The van der Waals surface area contributed by atoms with Gasteiger partial charge in [0.05, 0.1) is 10.6 Å². The quantitative estimate of drug-likeness (QED) is 0.648. The van der Waals surface area contributed by atoms with Crippen LogP contribution in [0.4, 0.5) is 0 Å². The lowest BCUT2D eigenvalue weighted by Crippen LogP contribution is -2.41. The summed E-state index contributed by atoms with van der Waals surface area (Å²) in [4.78, 5) is 26.2. The van der Waals surface area contributed by atoms with Crippen LogP contribution in [0.5, 0.6) is 0 Å². The van der Waals surface area contributed by atoms with Crippen LogP contribution in [0.2, 0.25) is 0 Å². The maximum Gasteiger partial charge on any atom is 0.279 e. The summed E-state index contributed by atoms with van der Waals surface area (Å²) in [7, 11) is 0. The average Bonchev–Trinajstić information content (AvgIpc) is 3.06. The number of aryl methyl sites for hydroxylation is 4. The fourth-order valence-corrected chi connectivity index (χ4v) is 4.28. The topological polar surface area (TPSA) is 84.2 Å². The first-order valence-corrected chi connectivity index (χ1v) is 9.48. The molecule has 3 rings (SSSR count). The minimum atomic E-state index is -0.247. The second-order valence-corrected chi connectivity index (χ2v) is 7.56. The van der Waals surface area contributed by atoms with Crippen molar-refractivity contribution in [1.29, 1.82) is 0 Å². The molecule has 0 saturated heterocycles. The van der Waals surface area contributed by atoms with Gasteiger partial charge in [-0.05, 0) is 57.6 Å². The Morgan fingerprint density at radius 2 is 2.00 bits per heavy atom. The zero-order chi connectivity index (χ0) is 17.8. The summed E-state index contributed by atoms with van der Waals surface area (Å²) in [6.45, 7) is 3.68. The van der Waals surface area contributed by atoms with Crippen molar-refractivity contribution in [3.05, 3.63) is 38.4 Å². The molecule has 134 valence electrons. The van der Waals surface area contributed by atoms with E-state index in [1.54, 1.807) is 0 Å². The van der Waals surface area contributed by atoms with E-state index >= 15 is 0 Å². The van der Waals surface area contributed by atoms with Gasteiger partial charge >= 0.3 is 0 Å². The maximum atomic E-state index is 12.3. The number of hydrogen-bond acceptors (Lipinski definition) is 5. The van der Waals surface area contributed by atoms with E-state index in [0.717, 1.165) is 29.9 Å². The first kappa shape index (κ1) is 17.7. The van der Waals surface area contributed by atoms with Gasteiger partial charge in [0, 0.05) is 16.9 Å². The number of fused-ring (bicyclic) bond motifs is 1. The summed E-state index contributed by atoms with van der Waals surface area (Å²) in [6.07, 6.45) is 6.53. The molecule has 0 fully saturated rings. The molecule has 25 heavy (non-hydrogen) atoms. The van der Waals surface area contributed by atoms with E-state index in [0.29, 0.717) is 11.3 Å². The van der Waals surface area contributed by atoms with E-state index in [4.69, 9.17) is 4.52 Å². The van der Waals surface area contributed by atoms with Crippen LogP contribution in [0.1, 0.15) is 62.8 Å². The van der Waals surface area contributed by atoms with Gasteiger partial charge in [-0.3, -0.25) is 20.4 Å². The number of nitrogens with one attached hydrogen (secondary N) is 2. The zero-order valence-corrected chi connectivity index (χ0v) is 15.4. The molecule has 2 aromatic rings. The Bertz CT molecular complexity index is 736. The Labute approximate surface area is 150 Å². The van der Waals surface area contributed by atoms with Gasteiger partial charge in [-0.1, -0.05) is 11.6 Å². The number of amides is 2. The number of hydrogen-bond donors (Lipinski definition) is 2. The molecule has 2 aromatic heterocycles. The highest BCUT2D eigenvalue weighted by Crippen LogP contribution is 2.28. The fourth-order valence-electron chi connectivity index (χ4n) is 3.13. The lowest BCUT2D eigenvalue weighted by atomic mass is 10.1. The van der Waals surface area contributed by atoms with Gasteiger partial charge < -0.3 is 4.52 Å². The molecule has 2 amide bonds. The van der Waals surface area contributed by atoms with E-state index in [1.165, 1.54) is 41.0 Å². The molecule has 0 spiro atoms. The van der Waals surface area contributed by atoms with Crippen LogP contribution in [-0.2, 0) is 24.1 Å². The van der Waals surface area contributed by atoms with Crippen LogP contribution < -0.4 is 10.9 Å². The summed E-state index contributed by atoms with van der Waals surface area (Å²) in [6, 6.07) is 1.97. The Morgan fingerprint density at radius 3 is 2.76 bits per heavy atom. The Morgan fingerprint density at radius 1 is 1.20 bits per heavy atom. The second kappa shape index (κ2) is 7.82. The third kappa shape index (κ3) is 4.28. The molecule has 0 atom stereocenters. The maximum absolute atomic E-state index is 12.3. The predicted octanol–water partition coefficient (Wildman–Crippen LogP) is 3.02. The van der Waals surface area contributed by atoms with Crippen molar-refractivity contribution >= 4 is 23.2 Å². The van der Waals surface area contributed by atoms with Crippen LogP contribution in [-0.4, -0.2) is 17.0 Å². The van der Waals surface area contributed by atoms with Gasteiger partial charge in [0.1, 0.15) is 5.76 Å². The summed E-state index contributed by atoms with van der Waals surface area (Å²) >= 11 is 1.54. The molecule has 1 aliphatic rings. The molecule has 1 aliphatic carbocycles. The highest BCUT2D eigenvalue weighted by Gasteiger charge is 2.17. The molecule has 0 unspecified atom stereocenters. The van der Waals surface area contributed by atoms with Crippen molar-refractivity contribution in [2.45, 2.75) is 58.8 Å². The summed E-state index contributed by atoms with van der Waals surface area (Å²) in [5.41, 5.74) is 8.05. The van der Waals surface area contributed by atoms with Crippen LogP contribution in [0.3, 0.4) is 0 Å². The Kier molecular flexibility index (Phi) is 5.53. The van der Waals surface area contributed by atoms with E-state index in [1.807, 2.05) is 19.9 Å². The van der Waals surface area contributed by atoms with E-state index < -0.39 is 0 Å². The van der Waals surface area contributed by atoms with Crippen LogP contribution in [0, 0.1) is 13.8 Å². The van der Waals surface area contributed by atoms with E-state index in [9.17, 15) is 9.59 Å². The molecule has 2 N–H and O–H groups in total.